The summed E-state index contributed by atoms with van der Waals surface area (Å²) >= 11 is 1.47. The van der Waals surface area contributed by atoms with E-state index in [1.165, 1.54) is 11.3 Å². The molecule has 1 N–H and O–H groups in total. The van der Waals surface area contributed by atoms with Crippen molar-refractivity contribution in [1.82, 2.24) is 15.2 Å². The number of rotatable bonds is 3. The molecule has 1 aromatic carbocycles. The van der Waals surface area contributed by atoms with Crippen molar-refractivity contribution in [3.05, 3.63) is 36.2 Å². The van der Waals surface area contributed by atoms with Crippen molar-refractivity contribution in [3.8, 4) is 10.4 Å². The van der Waals surface area contributed by atoms with Crippen LogP contribution >= 0.6 is 11.3 Å². The Morgan fingerprint density at radius 2 is 2.00 bits per heavy atom. The zero-order valence-electron chi connectivity index (χ0n) is 16.7. The van der Waals surface area contributed by atoms with E-state index < -0.39 is 5.60 Å². The van der Waals surface area contributed by atoms with Crippen LogP contribution in [0.2, 0.25) is 0 Å². The summed E-state index contributed by atoms with van der Waals surface area (Å²) in [6.07, 6.45) is 2.48. The minimum absolute atomic E-state index is 0.0408. The second-order valence-corrected chi connectivity index (χ2v) is 9.53. The summed E-state index contributed by atoms with van der Waals surface area (Å²) in [6.45, 7) is 9.91. The number of nitrogens with zero attached hydrogens (tertiary/aromatic N) is 3. The van der Waals surface area contributed by atoms with Gasteiger partial charge in [0.05, 0.1) is 33.2 Å². The molecule has 1 atom stereocenters. The Bertz CT molecular complexity index is 1060. The number of hydrogen-bond donors (Lipinski definition) is 1. The summed E-state index contributed by atoms with van der Waals surface area (Å²) in [5, 5.41) is 12.9. The van der Waals surface area contributed by atoms with Crippen molar-refractivity contribution in [2.75, 3.05) is 5.32 Å². The second-order valence-electron chi connectivity index (χ2n) is 8.50. The Morgan fingerprint density at radius 3 is 2.71 bits per heavy atom. The lowest BCUT2D eigenvalue weighted by molar-refractivity contribution is -0.126. The van der Waals surface area contributed by atoms with Crippen molar-refractivity contribution in [2.24, 2.45) is 5.92 Å². The maximum atomic E-state index is 12.8. The van der Waals surface area contributed by atoms with Gasteiger partial charge in [0.15, 0.2) is 5.13 Å². The van der Waals surface area contributed by atoms with Gasteiger partial charge >= 0.3 is 0 Å². The molecule has 0 saturated carbocycles. The fourth-order valence-electron chi connectivity index (χ4n) is 3.93. The van der Waals surface area contributed by atoms with E-state index in [4.69, 9.17) is 4.74 Å². The molecular formula is C21H24N4O2S. The van der Waals surface area contributed by atoms with E-state index in [2.05, 4.69) is 26.6 Å². The molecule has 1 aliphatic rings. The van der Waals surface area contributed by atoms with Crippen LogP contribution in [-0.4, -0.2) is 32.3 Å². The van der Waals surface area contributed by atoms with Gasteiger partial charge in [0, 0.05) is 11.6 Å². The van der Waals surface area contributed by atoms with E-state index >= 15 is 0 Å². The number of anilines is 1. The van der Waals surface area contributed by atoms with Gasteiger partial charge in [-0.1, -0.05) is 17.4 Å². The average molecular weight is 397 g/mol. The molecule has 146 valence electrons. The topological polar surface area (TPSA) is 77.0 Å². The monoisotopic (exact) mass is 396 g/mol. The van der Waals surface area contributed by atoms with Crippen LogP contribution in [0.3, 0.4) is 0 Å². The third-order valence-electron chi connectivity index (χ3n) is 5.12. The quantitative estimate of drug-likeness (QED) is 0.700. The number of benzene rings is 1. The maximum Gasteiger partial charge on any atom is 0.232 e. The molecule has 0 radical (unpaired) electrons. The first-order valence-corrected chi connectivity index (χ1v) is 10.2. The molecule has 6 nitrogen and oxygen atoms in total. The van der Waals surface area contributed by atoms with E-state index in [9.17, 15) is 4.79 Å². The molecule has 0 spiro atoms. The summed E-state index contributed by atoms with van der Waals surface area (Å²) in [4.78, 5) is 18.2. The molecule has 0 unspecified atom stereocenters. The number of aromatic nitrogens is 3. The van der Waals surface area contributed by atoms with Gasteiger partial charge in [0.2, 0.25) is 5.91 Å². The number of nitrogens with one attached hydrogen (secondary N) is 1. The molecule has 7 heteroatoms. The van der Waals surface area contributed by atoms with E-state index in [1.54, 1.807) is 6.20 Å². The third kappa shape index (κ3) is 3.64. The first kappa shape index (κ1) is 19.0. The van der Waals surface area contributed by atoms with Gasteiger partial charge in [-0.3, -0.25) is 4.79 Å². The van der Waals surface area contributed by atoms with Crippen LogP contribution < -0.4 is 5.32 Å². The normalized spacial score (nSPS) is 20.4. The predicted octanol–water partition coefficient (Wildman–Crippen LogP) is 4.59. The van der Waals surface area contributed by atoms with Crippen LogP contribution in [0.1, 0.15) is 39.8 Å². The molecule has 4 rings (SSSR count). The number of ether oxygens (including phenoxy) is 1. The standard InChI is InChI=1S/C21H24N4O2S/c1-12-8-14-9-13(6-7-16(14)25-24-12)17-11-22-19(28-17)23-18(26)15-10-20(2,3)27-21(15,4)5/h6-9,11,15H,10H2,1-5H3,(H,22,23,26)/t15-/m0/s1. The van der Waals surface area contributed by atoms with Crippen molar-refractivity contribution in [2.45, 2.75) is 52.2 Å². The second kappa shape index (κ2) is 6.60. The van der Waals surface area contributed by atoms with Crippen LogP contribution in [0.15, 0.2) is 30.5 Å². The number of thiazole rings is 1. The van der Waals surface area contributed by atoms with Gasteiger partial charge < -0.3 is 10.1 Å². The number of carbonyl (C=O) groups is 1. The highest BCUT2D eigenvalue weighted by Crippen LogP contribution is 2.42. The lowest BCUT2D eigenvalue weighted by atomic mass is 9.87. The highest BCUT2D eigenvalue weighted by molar-refractivity contribution is 7.19. The van der Waals surface area contributed by atoms with Gasteiger partial charge in [-0.25, -0.2) is 4.98 Å². The highest BCUT2D eigenvalue weighted by atomic mass is 32.1. The Kier molecular flexibility index (Phi) is 4.47. The first-order chi connectivity index (χ1) is 13.1. The predicted molar refractivity (Wildman–Crippen MR) is 111 cm³/mol. The van der Waals surface area contributed by atoms with Crippen molar-refractivity contribution in [3.63, 3.8) is 0 Å². The third-order valence-corrected chi connectivity index (χ3v) is 6.08. The van der Waals surface area contributed by atoms with Gasteiger partial charge in [0.25, 0.3) is 0 Å². The molecular weight excluding hydrogens is 372 g/mol. The van der Waals surface area contributed by atoms with Crippen LogP contribution in [0.5, 0.6) is 0 Å². The number of amides is 1. The van der Waals surface area contributed by atoms with Crippen LogP contribution in [0, 0.1) is 12.8 Å². The lowest BCUT2D eigenvalue weighted by Crippen LogP contribution is -2.36. The first-order valence-electron chi connectivity index (χ1n) is 9.34. The minimum Gasteiger partial charge on any atom is -0.369 e. The smallest absolute Gasteiger partial charge is 0.232 e. The Labute approximate surface area is 168 Å². The Hall–Kier alpha value is -2.38. The van der Waals surface area contributed by atoms with E-state index in [0.29, 0.717) is 11.6 Å². The fraction of sp³-hybridized carbons (Fsp3) is 0.429. The molecule has 1 saturated heterocycles. The van der Waals surface area contributed by atoms with E-state index in [0.717, 1.165) is 27.0 Å². The zero-order chi connectivity index (χ0) is 20.1. The van der Waals surface area contributed by atoms with Crippen molar-refractivity contribution < 1.29 is 9.53 Å². The van der Waals surface area contributed by atoms with Crippen molar-refractivity contribution in [1.29, 1.82) is 0 Å². The van der Waals surface area contributed by atoms with Crippen LogP contribution in [0.4, 0.5) is 5.13 Å². The number of carbonyl (C=O) groups excluding carboxylic acids is 1. The molecule has 1 amide bonds. The fourth-order valence-corrected chi connectivity index (χ4v) is 4.75. The van der Waals surface area contributed by atoms with Crippen LogP contribution in [0.25, 0.3) is 21.3 Å². The number of aryl methyl sites for hydroxylation is 1. The van der Waals surface area contributed by atoms with Crippen molar-refractivity contribution >= 4 is 33.3 Å². The maximum absolute atomic E-state index is 12.8. The van der Waals surface area contributed by atoms with E-state index in [-0.39, 0.29) is 17.4 Å². The van der Waals surface area contributed by atoms with Gasteiger partial charge in [-0.05, 0) is 64.8 Å². The summed E-state index contributed by atoms with van der Waals surface area (Å²) < 4.78 is 6.04. The average Bonchev–Trinajstić information content (AvgIpc) is 3.14. The molecule has 2 aromatic heterocycles. The summed E-state index contributed by atoms with van der Waals surface area (Å²) in [5.74, 6) is -0.252. The molecule has 0 bridgehead atoms. The lowest BCUT2D eigenvalue weighted by Gasteiger charge is -2.26. The molecule has 3 heterocycles. The van der Waals surface area contributed by atoms with Gasteiger partial charge in [0.1, 0.15) is 0 Å². The molecule has 3 aromatic rings. The molecule has 1 fully saturated rings. The Balaban J connectivity index is 1.54. The van der Waals surface area contributed by atoms with Gasteiger partial charge in [-0.2, -0.15) is 10.2 Å². The summed E-state index contributed by atoms with van der Waals surface area (Å²) in [5.41, 5.74) is 1.99. The Morgan fingerprint density at radius 1 is 1.21 bits per heavy atom. The number of fused-ring (bicyclic) bond motifs is 1. The SMILES string of the molecule is Cc1cc2cc(-c3cnc(NC(=O)[C@@H]4CC(C)(C)OC4(C)C)s3)ccc2nn1. The molecule has 0 aliphatic carbocycles. The molecule has 1 aliphatic heterocycles. The largest absolute Gasteiger partial charge is 0.369 e. The summed E-state index contributed by atoms with van der Waals surface area (Å²) in [7, 11) is 0. The minimum atomic E-state index is -0.495. The van der Waals surface area contributed by atoms with E-state index in [1.807, 2.05) is 52.8 Å². The zero-order valence-corrected chi connectivity index (χ0v) is 17.6. The van der Waals surface area contributed by atoms with Crippen LogP contribution in [-0.2, 0) is 9.53 Å². The molecule has 28 heavy (non-hydrogen) atoms. The van der Waals surface area contributed by atoms with Gasteiger partial charge in [-0.15, -0.1) is 0 Å². The summed E-state index contributed by atoms with van der Waals surface area (Å²) in [6, 6.07) is 8.05. The highest BCUT2D eigenvalue weighted by Gasteiger charge is 2.49. The number of hydrogen-bond acceptors (Lipinski definition) is 6.